The van der Waals surface area contributed by atoms with E-state index in [2.05, 4.69) is 87.9 Å². The van der Waals surface area contributed by atoms with Crippen molar-refractivity contribution in [2.45, 2.75) is 169 Å². The normalized spacial score (nSPS) is 15.9. The van der Waals surface area contributed by atoms with Crippen LogP contribution >= 0.6 is 0 Å². The number of unbranched alkanes of at least 4 members (excludes halogenated alkanes) is 6. The lowest BCUT2D eigenvalue weighted by atomic mass is 9.79. The molecule has 3 aromatic heterocycles. The predicted octanol–water partition coefficient (Wildman–Crippen LogP) is 13.1. The van der Waals surface area contributed by atoms with Crippen LogP contribution in [0.25, 0.3) is 34.2 Å². The molecule has 2 atom stereocenters. The maximum absolute atomic E-state index is 5.86. The maximum atomic E-state index is 5.86. The molecular weight excluding hydrogens is 585 g/mol. The van der Waals surface area contributed by atoms with Crippen molar-refractivity contribution in [2.75, 3.05) is 0 Å². The van der Waals surface area contributed by atoms with Crippen LogP contribution in [-0.2, 0) is 25.7 Å². The molecule has 0 aromatic carbocycles. The summed E-state index contributed by atoms with van der Waals surface area (Å²) in [4.78, 5) is 19.2. The Bertz CT molecular complexity index is 1550. The molecule has 5 heterocycles. The lowest BCUT2D eigenvalue weighted by molar-refractivity contribution is 0.462. The first-order valence-corrected chi connectivity index (χ1v) is 20.0. The van der Waals surface area contributed by atoms with Crippen molar-refractivity contribution in [3.05, 3.63) is 69.3 Å². The second-order valence-electron chi connectivity index (χ2n) is 14.5. The summed E-state index contributed by atoms with van der Waals surface area (Å²) < 4.78 is 0. The van der Waals surface area contributed by atoms with E-state index in [0.717, 1.165) is 49.9 Å². The fourth-order valence-electron chi connectivity index (χ4n) is 7.99. The number of rotatable bonds is 18. The Hall–Kier alpha value is -3.14. The van der Waals surface area contributed by atoms with E-state index in [-0.39, 0.29) is 0 Å². The molecule has 4 heteroatoms. The Balaban J connectivity index is 1.95. The van der Waals surface area contributed by atoms with Crippen LogP contribution in [0.1, 0.15) is 188 Å². The molecule has 0 amide bonds. The zero-order chi connectivity index (χ0) is 33.9. The van der Waals surface area contributed by atoms with Crippen molar-refractivity contribution in [2.24, 2.45) is 0 Å². The van der Waals surface area contributed by atoms with Gasteiger partial charge in [-0.25, -0.2) is 4.98 Å². The Morgan fingerprint density at radius 2 is 0.771 bits per heavy atom. The first kappa shape index (κ1) is 36.1. The molecule has 0 saturated heterocycles. The number of aryl methyl sites for hydroxylation is 4. The van der Waals surface area contributed by atoms with Gasteiger partial charge in [-0.15, -0.1) is 0 Å². The number of hydrogen-bond donors (Lipinski definition) is 2. The van der Waals surface area contributed by atoms with Gasteiger partial charge in [-0.1, -0.05) is 92.9 Å². The van der Waals surface area contributed by atoms with Crippen LogP contribution in [0.5, 0.6) is 0 Å². The monoisotopic (exact) mass is 649 g/mol. The predicted molar refractivity (Wildman–Crippen MR) is 209 cm³/mol. The molecule has 2 aliphatic heterocycles. The second-order valence-corrected chi connectivity index (χ2v) is 14.5. The molecule has 0 saturated carbocycles. The summed E-state index contributed by atoms with van der Waals surface area (Å²) in [7, 11) is 0. The van der Waals surface area contributed by atoms with E-state index in [4.69, 9.17) is 9.97 Å². The molecule has 0 radical (unpaired) electrons. The average molecular weight is 649 g/mol. The summed E-state index contributed by atoms with van der Waals surface area (Å²) in [5, 5.41) is 0. The standard InChI is InChI=1S/C44H64N4/c1-7-13-19-31-32(20-14-8-2)44-36(24-18-12-6)42-30-28-40(47-42)34(22-16-10-4)38-26-25-37(45-38)33(21-15-9-3)39-27-29-41(46-39)35(23-17-11-5)43(31)48-44/h25-32,46-47H,7-24H2,1-6H3. The Morgan fingerprint density at radius 1 is 0.438 bits per heavy atom. The SMILES string of the molecule is CCCCc1c2nc(c(CCCC)c3ccc([nH]3)c(CCCC)c3nc(c(CCCC)c4ccc1[nH]4)C(CCCC)C3CCCC)C=C2. The van der Waals surface area contributed by atoms with Gasteiger partial charge in [0.15, 0.2) is 0 Å². The molecular formula is C44H64N4. The van der Waals surface area contributed by atoms with Crippen molar-refractivity contribution in [1.82, 2.24) is 19.9 Å². The van der Waals surface area contributed by atoms with Crippen LogP contribution in [0.4, 0.5) is 0 Å². The molecule has 4 nitrogen and oxygen atoms in total. The highest BCUT2D eigenvalue weighted by Gasteiger charge is 2.35. The van der Waals surface area contributed by atoms with Crippen LogP contribution in [0.15, 0.2) is 24.3 Å². The van der Waals surface area contributed by atoms with Crippen LogP contribution in [0.2, 0.25) is 0 Å². The number of hydrogen-bond acceptors (Lipinski definition) is 2. The summed E-state index contributed by atoms with van der Waals surface area (Å²) in [5.41, 5.74) is 15.6. The quantitative estimate of drug-likeness (QED) is 0.113. The lowest BCUT2D eigenvalue weighted by Gasteiger charge is -2.22. The summed E-state index contributed by atoms with van der Waals surface area (Å²) in [5.74, 6) is 0.946. The number of aromatic amines is 2. The molecule has 0 fully saturated rings. The van der Waals surface area contributed by atoms with Crippen molar-refractivity contribution in [3.8, 4) is 0 Å². The average Bonchev–Trinajstić information content (AvgIpc) is 3.92. The molecule has 2 aliphatic rings. The summed E-state index contributed by atoms with van der Waals surface area (Å²) in [6.45, 7) is 13.9. The zero-order valence-electron chi connectivity index (χ0n) is 31.2. The van der Waals surface area contributed by atoms with Crippen LogP contribution in [-0.4, -0.2) is 19.9 Å². The third-order valence-electron chi connectivity index (χ3n) is 10.8. The minimum atomic E-state index is 0.473. The smallest absolute Gasteiger partial charge is 0.0690 e. The lowest BCUT2D eigenvalue weighted by Crippen LogP contribution is -2.10. The van der Waals surface area contributed by atoms with Gasteiger partial charge in [0, 0.05) is 56.4 Å². The molecule has 48 heavy (non-hydrogen) atoms. The van der Waals surface area contributed by atoms with Gasteiger partial charge in [-0.3, -0.25) is 4.98 Å². The maximum Gasteiger partial charge on any atom is 0.0690 e. The molecule has 3 aromatic rings. The first-order valence-electron chi connectivity index (χ1n) is 20.0. The summed E-state index contributed by atoms with van der Waals surface area (Å²) in [6, 6.07) is 9.41. The van der Waals surface area contributed by atoms with Gasteiger partial charge in [-0.2, -0.15) is 0 Å². The molecule has 2 N–H and O–H groups in total. The highest BCUT2D eigenvalue weighted by molar-refractivity contribution is 5.80. The second kappa shape index (κ2) is 18.0. The number of aromatic nitrogens is 4. The Labute approximate surface area is 291 Å². The van der Waals surface area contributed by atoms with E-state index < -0.39 is 0 Å². The van der Waals surface area contributed by atoms with E-state index in [1.807, 2.05) is 0 Å². The first-order chi connectivity index (χ1) is 23.6. The van der Waals surface area contributed by atoms with E-state index in [9.17, 15) is 0 Å². The molecule has 8 bridgehead atoms. The fraction of sp³-hybridized carbons (Fsp3) is 0.591. The van der Waals surface area contributed by atoms with E-state index in [1.54, 1.807) is 0 Å². The molecule has 5 rings (SSSR count). The van der Waals surface area contributed by atoms with Crippen molar-refractivity contribution in [1.29, 1.82) is 0 Å². The third-order valence-corrected chi connectivity index (χ3v) is 10.8. The Kier molecular flexibility index (Phi) is 13.6. The van der Waals surface area contributed by atoms with Gasteiger partial charge in [-0.05, 0) is 112 Å². The highest BCUT2D eigenvalue weighted by atomic mass is 14.8. The van der Waals surface area contributed by atoms with Gasteiger partial charge in [0.1, 0.15) is 0 Å². The molecule has 0 spiro atoms. The number of nitrogens with one attached hydrogen (secondary N) is 2. The van der Waals surface area contributed by atoms with Crippen LogP contribution < -0.4 is 0 Å². The summed E-state index contributed by atoms with van der Waals surface area (Å²) >= 11 is 0. The summed E-state index contributed by atoms with van der Waals surface area (Å²) in [6.07, 6.45) is 25.5. The van der Waals surface area contributed by atoms with E-state index in [1.165, 1.54) is 133 Å². The van der Waals surface area contributed by atoms with Crippen molar-refractivity contribution in [3.63, 3.8) is 0 Å². The molecule has 2 unspecified atom stereocenters. The van der Waals surface area contributed by atoms with Gasteiger partial charge in [0.25, 0.3) is 0 Å². The topological polar surface area (TPSA) is 57.4 Å². The van der Waals surface area contributed by atoms with Crippen molar-refractivity contribution < 1.29 is 0 Å². The van der Waals surface area contributed by atoms with Gasteiger partial charge >= 0.3 is 0 Å². The zero-order valence-corrected chi connectivity index (χ0v) is 31.2. The number of H-pyrrole nitrogens is 2. The largest absolute Gasteiger partial charge is 0.355 e. The Morgan fingerprint density at radius 3 is 1.12 bits per heavy atom. The highest BCUT2D eigenvalue weighted by Crippen LogP contribution is 2.46. The number of fused-ring (bicyclic) bond motifs is 8. The van der Waals surface area contributed by atoms with E-state index >= 15 is 0 Å². The minimum absolute atomic E-state index is 0.473. The van der Waals surface area contributed by atoms with Crippen LogP contribution in [0, 0.1) is 0 Å². The minimum Gasteiger partial charge on any atom is -0.355 e. The number of nitrogens with zero attached hydrogens (tertiary/aromatic N) is 2. The van der Waals surface area contributed by atoms with Gasteiger partial charge in [0.2, 0.25) is 0 Å². The molecule has 0 aliphatic carbocycles. The van der Waals surface area contributed by atoms with Crippen molar-refractivity contribution >= 4 is 34.2 Å². The fourth-order valence-corrected chi connectivity index (χ4v) is 7.99. The van der Waals surface area contributed by atoms with E-state index in [0.29, 0.717) is 11.8 Å². The van der Waals surface area contributed by atoms with Gasteiger partial charge < -0.3 is 9.97 Å². The third kappa shape index (κ3) is 8.17. The molecule has 260 valence electrons. The van der Waals surface area contributed by atoms with Gasteiger partial charge in [0.05, 0.1) is 11.4 Å². The van der Waals surface area contributed by atoms with Crippen LogP contribution in [0.3, 0.4) is 0 Å².